The number of carbonyl (C=O) groups excluding carboxylic acids is 1. The van der Waals surface area contributed by atoms with Crippen molar-refractivity contribution in [2.24, 2.45) is 0 Å². The molecule has 0 radical (unpaired) electrons. The Morgan fingerprint density at radius 3 is 2.73 bits per heavy atom. The van der Waals surface area contributed by atoms with Crippen LogP contribution in [0.2, 0.25) is 0 Å². The normalized spacial score (nSPS) is 16.9. The second kappa shape index (κ2) is 7.91. The Balaban J connectivity index is 1.97. The molecule has 0 atom stereocenters. The van der Waals surface area contributed by atoms with Crippen LogP contribution in [0.25, 0.3) is 6.08 Å². The average molecular weight is 333 g/mol. The summed E-state index contributed by atoms with van der Waals surface area (Å²) in [5, 5.41) is 8.63. The first-order chi connectivity index (χ1) is 10.6. The monoisotopic (exact) mass is 333 g/mol. The van der Waals surface area contributed by atoms with Crippen LogP contribution in [-0.2, 0) is 9.59 Å². The number of hydrogen-bond donors (Lipinski definition) is 1. The highest BCUT2D eigenvalue weighted by Gasteiger charge is 2.31. The number of carboxylic acids is 1. The predicted molar refractivity (Wildman–Crippen MR) is 92.3 cm³/mol. The summed E-state index contributed by atoms with van der Waals surface area (Å²) in [6.45, 7) is 0.344. The minimum Gasteiger partial charge on any atom is -0.481 e. The zero-order valence-corrected chi connectivity index (χ0v) is 13.4. The molecule has 0 aromatic heterocycles. The Bertz CT molecular complexity index is 638. The lowest BCUT2D eigenvalue weighted by Gasteiger charge is -2.12. The highest BCUT2D eigenvalue weighted by Crippen LogP contribution is 2.31. The van der Waals surface area contributed by atoms with E-state index in [1.54, 1.807) is 6.08 Å². The quantitative estimate of drug-likeness (QED) is 0.639. The predicted octanol–water partition coefficient (Wildman–Crippen LogP) is 3.31. The van der Waals surface area contributed by atoms with Crippen molar-refractivity contribution >= 4 is 46.3 Å². The van der Waals surface area contributed by atoms with Gasteiger partial charge in [-0.3, -0.25) is 14.5 Å². The highest BCUT2D eigenvalue weighted by molar-refractivity contribution is 8.26. The molecule has 0 saturated carbocycles. The lowest BCUT2D eigenvalue weighted by molar-refractivity contribution is -0.137. The minimum absolute atomic E-state index is 0.0318. The fourth-order valence-electron chi connectivity index (χ4n) is 1.91. The molecule has 114 valence electrons. The highest BCUT2D eigenvalue weighted by atomic mass is 32.2. The summed E-state index contributed by atoms with van der Waals surface area (Å²) in [6, 6.07) is 9.78. The summed E-state index contributed by atoms with van der Waals surface area (Å²) in [6.07, 6.45) is 5.90. The summed E-state index contributed by atoms with van der Waals surface area (Å²) in [5.41, 5.74) is 1.05. The number of amides is 1. The first-order valence-corrected chi connectivity index (χ1v) is 7.99. The molecule has 2 rings (SSSR count). The molecule has 0 bridgehead atoms. The Morgan fingerprint density at radius 2 is 2.05 bits per heavy atom. The number of allylic oxidation sites excluding steroid dienone is 2. The largest absolute Gasteiger partial charge is 0.481 e. The fourth-order valence-corrected chi connectivity index (χ4v) is 3.17. The van der Waals surface area contributed by atoms with Crippen molar-refractivity contribution < 1.29 is 14.7 Å². The molecule has 4 nitrogen and oxygen atoms in total. The van der Waals surface area contributed by atoms with E-state index in [2.05, 4.69) is 0 Å². The van der Waals surface area contributed by atoms with E-state index in [0.717, 1.165) is 5.56 Å². The van der Waals surface area contributed by atoms with Gasteiger partial charge in [0.05, 0.1) is 4.91 Å². The zero-order chi connectivity index (χ0) is 15.9. The third-order valence-electron chi connectivity index (χ3n) is 2.98. The number of thioether (sulfide) groups is 1. The van der Waals surface area contributed by atoms with Crippen LogP contribution in [0.5, 0.6) is 0 Å². The van der Waals surface area contributed by atoms with Crippen LogP contribution >= 0.6 is 24.0 Å². The standard InChI is InChI=1S/C16H15NO3S2/c18-14(19)10-5-11-17-15(20)13(22-16(17)21)9-4-8-12-6-2-1-3-7-12/h1-4,6-9H,5,10-11H2,(H,18,19)/b8-4+,13-9-. The second-order valence-electron chi connectivity index (χ2n) is 4.62. The molecule has 1 amide bonds. The molecule has 22 heavy (non-hydrogen) atoms. The van der Waals surface area contributed by atoms with Gasteiger partial charge in [-0.05, 0) is 18.1 Å². The maximum atomic E-state index is 12.2. The van der Waals surface area contributed by atoms with E-state index in [1.807, 2.05) is 42.5 Å². The molecule has 1 N–H and O–H groups in total. The topological polar surface area (TPSA) is 57.6 Å². The molecular weight excluding hydrogens is 318 g/mol. The smallest absolute Gasteiger partial charge is 0.303 e. The fraction of sp³-hybridized carbons (Fsp3) is 0.188. The first kappa shape index (κ1) is 16.5. The van der Waals surface area contributed by atoms with Crippen molar-refractivity contribution in [1.29, 1.82) is 0 Å². The van der Waals surface area contributed by atoms with Crippen LogP contribution in [0.4, 0.5) is 0 Å². The van der Waals surface area contributed by atoms with Gasteiger partial charge < -0.3 is 5.11 Å². The van der Waals surface area contributed by atoms with E-state index in [1.165, 1.54) is 16.7 Å². The molecule has 1 aliphatic heterocycles. The SMILES string of the molecule is O=C(O)CCCN1C(=O)/C(=C/C=C/c2ccccc2)SC1=S. The van der Waals surface area contributed by atoms with E-state index in [9.17, 15) is 9.59 Å². The number of carbonyl (C=O) groups is 2. The van der Waals surface area contributed by atoms with Gasteiger partial charge >= 0.3 is 5.97 Å². The number of rotatable bonds is 6. The number of carboxylic acid groups (broad SMARTS) is 1. The number of aliphatic carboxylic acids is 1. The van der Waals surface area contributed by atoms with E-state index >= 15 is 0 Å². The number of thiocarbonyl (C=S) groups is 1. The van der Waals surface area contributed by atoms with Crippen LogP contribution in [0, 0.1) is 0 Å². The third-order valence-corrected chi connectivity index (χ3v) is 4.38. The van der Waals surface area contributed by atoms with E-state index in [4.69, 9.17) is 17.3 Å². The molecule has 6 heteroatoms. The van der Waals surface area contributed by atoms with Crippen molar-refractivity contribution in [3.63, 3.8) is 0 Å². The molecule has 0 unspecified atom stereocenters. The lowest BCUT2D eigenvalue weighted by atomic mass is 10.2. The minimum atomic E-state index is -0.869. The van der Waals surface area contributed by atoms with Crippen LogP contribution in [0.15, 0.2) is 47.4 Å². The molecule has 1 heterocycles. The molecule has 0 aliphatic carbocycles. The maximum absolute atomic E-state index is 12.2. The number of hydrogen-bond acceptors (Lipinski definition) is 4. The van der Waals surface area contributed by atoms with Crippen LogP contribution in [-0.4, -0.2) is 32.7 Å². The Hall–Kier alpha value is -1.92. The molecule has 1 saturated heterocycles. The van der Waals surface area contributed by atoms with Gasteiger partial charge in [0.25, 0.3) is 5.91 Å². The second-order valence-corrected chi connectivity index (χ2v) is 6.30. The molecule has 1 aliphatic rings. The van der Waals surface area contributed by atoms with E-state index < -0.39 is 5.97 Å². The van der Waals surface area contributed by atoms with Gasteiger partial charge in [0.2, 0.25) is 0 Å². The third kappa shape index (κ3) is 4.54. The van der Waals surface area contributed by atoms with Crippen molar-refractivity contribution in [2.75, 3.05) is 6.54 Å². The van der Waals surface area contributed by atoms with Gasteiger partial charge in [-0.2, -0.15) is 0 Å². The van der Waals surface area contributed by atoms with Crippen molar-refractivity contribution in [3.05, 3.63) is 53.0 Å². The zero-order valence-electron chi connectivity index (χ0n) is 11.8. The Morgan fingerprint density at radius 1 is 1.32 bits per heavy atom. The van der Waals surface area contributed by atoms with Crippen molar-refractivity contribution in [3.8, 4) is 0 Å². The van der Waals surface area contributed by atoms with E-state index in [0.29, 0.717) is 22.2 Å². The van der Waals surface area contributed by atoms with Crippen LogP contribution < -0.4 is 0 Å². The van der Waals surface area contributed by atoms with Gasteiger partial charge in [-0.15, -0.1) is 0 Å². The van der Waals surface area contributed by atoms with Gasteiger partial charge in [0.1, 0.15) is 4.32 Å². The molecule has 1 aromatic carbocycles. The van der Waals surface area contributed by atoms with Crippen molar-refractivity contribution in [2.45, 2.75) is 12.8 Å². The summed E-state index contributed by atoms with van der Waals surface area (Å²) in [5.74, 6) is -1.02. The summed E-state index contributed by atoms with van der Waals surface area (Å²) in [7, 11) is 0. The molecule has 1 aromatic rings. The van der Waals surface area contributed by atoms with E-state index in [-0.39, 0.29) is 12.3 Å². The molecular formula is C16H15NO3S2. The van der Waals surface area contributed by atoms with Crippen LogP contribution in [0.3, 0.4) is 0 Å². The summed E-state index contributed by atoms with van der Waals surface area (Å²) < 4.78 is 0.481. The Kier molecular flexibility index (Phi) is 5.91. The van der Waals surface area contributed by atoms with Gasteiger partial charge in [-0.25, -0.2) is 0 Å². The molecule has 0 spiro atoms. The Labute approximate surface area is 138 Å². The lowest BCUT2D eigenvalue weighted by Crippen LogP contribution is -2.29. The maximum Gasteiger partial charge on any atom is 0.303 e. The van der Waals surface area contributed by atoms with Gasteiger partial charge in [-0.1, -0.05) is 66.5 Å². The van der Waals surface area contributed by atoms with Crippen molar-refractivity contribution in [1.82, 2.24) is 4.90 Å². The number of nitrogens with zero attached hydrogens (tertiary/aromatic N) is 1. The average Bonchev–Trinajstić information content (AvgIpc) is 2.76. The summed E-state index contributed by atoms with van der Waals surface area (Å²) >= 11 is 6.42. The summed E-state index contributed by atoms with van der Waals surface area (Å²) in [4.78, 5) is 24.7. The van der Waals surface area contributed by atoms with Crippen LogP contribution in [0.1, 0.15) is 18.4 Å². The van der Waals surface area contributed by atoms with Gasteiger partial charge in [0.15, 0.2) is 0 Å². The number of benzene rings is 1. The van der Waals surface area contributed by atoms with Gasteiger partial charge in [0, 0.05) is 13.0 Å². The first-order valence-electron chi connectivity index (χ1n) is 6.77. The molecule has 1 fully saturated rings.